The molecule has 0 aromatic heterocycles. The molecule has 2 aliphatic heterocycles. The zero-order valence-corrected chi connectivity index (χ0v) is 13.5. The second kappa shape index (κ2) is 6.16. The highest BCUT2D eigenvalue weighted by atomic mass is 16.5. The summed E-state index contributed by atoms with van der Waals surface area (Å²) < 4.78 is 10.7. The van der Waals surface area contributed by atoms with Gasteiger partial charge in [0.2, 0.25) is 0 Å². The van der Waals surface area contributed by atoms with E-state index in [-0.39, 0.29) is 5.91 Å². The average molecular weight is 304 g/mol. The third kappa shape index (κ3) is 2.65. The fourth-order valence-corrected chi connectivity index (χ4v) is 3.75. The first kappa shape index (κ1) is 15.2. The molecule has 22 heavy (non-hydrogen) atoms. The fraction of sp³-hybridized carbons (Fsp3) is 0.588. The van der Waals surface area contributed by atoms with E-state index in [9.17, 15) is 4.79 Å². The van der Waals surface area contributed by atoms with E-state index in [1.165, 1.54) is 12.8 Å². The first-order valence-corrected chi connectivity index (χ1v) is 7.88. The monoisotopic (exact) mass is 304 g/mol. The standard InChI is InChI=1S/C17H24N2O3/c1-19(13-9-11-7-8-12(10-13)18-11)17(20)14-5-4-6-15(21-2)16(14)22-3/h4-6,11-13,18H,7-10H2,1-3H3. The third-order valence-corrected chi connectivity index (χ3v) is 4.95. The lowest BCUT2D eigenvalue weighted by atomic mass is 9.98. The molecule has 2 fully saturated rings. The molecule has 2 unspecified atom stereocenters. The van der Waals surface area contributed by atoms with Gasteiger partial charge in [0.25, 0.3) is 5.91 Å². The summed E-state index contributed by atoms with van der Waals surface area (Å²) in [6.45, 7) is 0. The minimum absolute atomic E-state index is 0.00190. The molecule has 1 N–H and O–H groups in total. The number of piperidine rings is 1. The molecule has 5 nitrogen and oxygen atoms in total. The van der Waals surface area contributed by atoms with Crippen molar-refractivity contribution in [1.29, 1.82) is 0 Å². The molecule has 2 atom stereocenters. The Morgan fingerprint density at radius 2 is 1.86 bits per heavy atom. The lowest BCUT2D eigenvalue weighted by molar-refractivity contribution is 0.0677. The molecule has 1 amide bonds. The Morgan fingerprint density at radius 1 is 1.18 bits per heavy atom. The van der Waals surface area contributed by atoms with Crippen molar-refractivity contribution >= 4 is 5.91 Å². The summed E-state index contributed by atoms with van der Waals surface area (Å²) in [7, 11) is 5.05. The second-order valence-electron chi connectivity index (χ2n) is 6.22. The van der Waals surface area contributed by atoms with E-state index in [2.05, 4.69) is 5.32 Å². The number of benzene rings is 1. The van der Waals surface area contributed by atoms with Gasteiger partial charge in [0.15, 0.2) is 11.5 Å². The van der Waals surface area contributed by atoms with Gasteiger partial charge in [-0.1, -0.05) is 6.07 Å². The summed E-state index contributed by atoms with van der Waals surface area (Å²) in [6, 6.07) is 6.85. The highest BCUT2D eigenvalue weighted by Crippen LogP contribution is 2.34. The first-order chi connectivity index (χ1) is 10.6. The van der Waals surface area contributed by atoms with Gasteiger partial charge in [-0.15, -0.1) is 0 Å². The Kier molecular flexibility index (Phi) is 4.25. The number of rotatable bonds is 4. The summed E-state index contributed by atoms with van der Waals surface area (Å²) >= 11 is 0. The first-order valence-electron chi connectivity index (χ1n) is 7.88. The smallest absolute Gasteiger partial charge is 0.257 e. The molecule has 2 heterocycles. The molecule has 120 valence electrons. The van der Waals surface area contributed by atoms with Crippen LogP contribution >= 0.6 is 0 Å². The van der Waals surface area contributed by atoms with Crippen LogP contribution in [0.25, 0.3) is 0 Å². The van der Waals surface area contributed by atoms with Crippen molar-refractivity contribution < 1.29 is 14.3 Å². The number of nitrogens with zero attached hydrogens (tertiary/aromatic N) is 1. The second-order valence-corrected chi connectivity index (χ2v) is 6.22. The molecule has 3 rings (SSSR count). The molecule has 1 aromatic rings. The molecule has 1 aromatic carbocycles. The molecule has 2 aliphatic rings. The Bertz CT molecular complexity index is 549. The number of hydrogen-bond acceptors (Lipinski definition) is 4. The van der Waals surface area contributed by atoms with Crippen molar-refractivity contribution in [2.24, 2.45) is 0 Å². The van der Waals surface area contributed by atoms with Crippen LogP contribution in [0.1, 0.15) is 36.0 Å². The Hall–Kier alpha value is -1.75. The predicted molar refractivity (Wildman–Crippen MR) is 84.6 cm³/mol. The maximum atomic E-state index is 12.9. The Morgan fingerprint density at radius 3 is 2.45 bits per heavy atom. The van der Waals surface area contributed by atoms with Gasteiger partial charge in [0.05, 0.1) is 19.8 Å². The van der Waals surface area contributed by atoms with Crippen molar-refractivity contribution in [2.45, 2.75) is 43.8 Å². The van der Waals surface area contributed by atoms with Crippen molar-refractivity contribution in [3.8, 4) is 11.5 Å². The van der Waals surface area contributed by atoms with Crippen LogP contribution in [0, 0.1) is 0 Å². The van der Waals surface area contributed by atoms with Crippen LogP contribution in [0.4, 0.5) is 0 Å². The van der Waals surface area contributed by atoms with Crippen LogP contribution < -0.4 is 14.8 Å². The number of nitrogens with one attached hydrogen (secondary N) is 1. The predicted octanol–water partition coefficient (Wildman–Crippen LogP) is 2.06. The normalized spacial score (nSPS) is 26.6. The van der Waals surface area contributed by atoms with E-state index in [0.29, 0.717) is 35.2 Å². The lowest BCUT2D eigenvalue weighted by Gasteiger charge is -2.35. The summed E-state index contributed by atoms with van der Waals surface area (Å²) in [5.41, 5.74) is 0.565. The molecular formula is C17H24N2O3. The van der Waals surface area contributed by atoms with Crippen LogP contribution in [0.15, 0.2) is 18.2 Å². The van der Waals surface area contributed by atoms with Crippen LogP contribution in [-0.2, 0) is 0 Å². The largest absolute Gasteiger partial charge is 0.493 e. The topological polar surface area (TPSA) is 50.8 Å². The number of ether oxygens (including phenoxy) is 2. The van der Waals surface area contributed by atoms with Gasteiger partial charge in [0, 0.05) is 25.2 Å². The summed E-state index contributed by atoms with van der Waals surface area (Å²) in [4.78, 5) is 14.8. The highest BCUT2D eigenvalue weighted by molar-refractivity contribution is 5.97. The summed E-state index contributed by atoms with van der Waals surface area (Å²) in [6.07, 6.45) is 4.52. The minimum Gasteiger partial charge on any atom is -0.493 e. The van der Waals surface area contributed by atoms with Crippen LogP contribution in [0.3, 0.4) is 0 Å². The fourth-order valence-electron chi connectivity index (χ4n) is 3.75. The van der Waals surface area contributed by atoms with Crippen molar-refractivity contribution in [1.82, 2.24) is 10.2 Å². The average Bonchev–Trinajstić information content (AvgIpc) is 2.90. The van der Waals surface area contributed by atoms with Gasteiger partial charge in [-0.05, 0) is 37.8 Å². The number of carbonyl (C=O) groups is 1. The molecule has 0 radical (unpaired) electrons. The lowest BCUT2D eigenvalue weighted by Crippen LogP contribution is -2.48. The quantitative estimate of drug-likeness (QED) is 0.925. The van der Waals surface area contributed by atoms with E-state index in [1.807, 2.05) is 18.0 Å². The van der Waals surface area contributed by atoms with Gasteiger partial charge in [-0.25, -0.2) is 0 Å². The SMILES string of the molecule is COc1cccc(C(=O)N(C)C2CC3CCC(C2)N3)c1OC. The van der Waals surface area contributed by atoms with Crippen LogP contribution in [-0.4, -0.2) is 50.2 Å². The molecule has 2 saturated heterocycles. The molecule has 5 heteroatoms. The number of hydrogen-bond donors (Lipinski definition) is 1. The van der Waals surface area contributed by atoms with E-state index < -0.39 is 0 Å². The number of fused-ring (bicyclic) bond motifs is 2. The van der Waals surface area contributed by atoms with Gasteiger partial charge < -0.3 is 19.7 Å². The molecule has 0 spiro atoms. The maximum Gasteiger partial charge on any atom is 0.257 e. The summed E-state index contributed by atoms with van der Waals surface area (Å²) in [5, 5.41) is 3.61. The van der Waals surface area contributed by atoms with E-state index >= 15 is 0 Å². The number of methoxy groups -OCH3 is 2. The van der Waals surface area contributed by atoms with Crippen molar-refractivity contribution in [3.05, 3.63) is 23.8 Å². The van der Waals surface area contributed by atoms with Crippen LogP contribution in [0.2, 0.25) is 0 Å². The number of amides is 1. The van der Waals surface area contributed by atoms with Gasteiger partial charge in [-0.2, -0.15) is 0 Å². The van der Waals surface area contributed by atoms with E-state index in [4.69, 9.17) is 9.47 Å². The van der Waals surface area contributed by atoms with Gasteiger partial charge >= 0.3 is 0 Å². The van der Waals surface area contributed by atoms with E-state index in [0.717, 1.165) is 12.8 Å². The molecule has 0 aliphatic carbocycles. The zero-order valence-electron chi connectivity index (χ0n) is 13.5. The van der Waals surface area contributed by atoms with Gasteiger partial charge in [-0.3, -0.25) is 4.79 Å². The molecular weight excluding hydrogens is 280 g/mol. The van der Waals surface area contributed by atoms with Crippen molar-refractivity contribution in [2.75, 3.05) is 21.3 Å². The van der Waals surface area contributed by atoms with Gasteiger partial charge in [0.1, 0.15) is 0 Å². The Labute approximate surface area is 131 Å². The summed E-state index contributed by atoms with van der Waals surface area (Å²) in [5.74, 6) is 1.10. The molecule has 2 bridgehead atoms. The zero-order chi connectivity index (χ0) is 15.7. The third-order valence-electron chi connectivity index (χ3n) is 4.95. The van der Waals surface area contributed by atoms with E-state index in [1.54, 1.807) is 26.4 Å². The minimum atomic E-state index is 0.00190. The maximum absolute atomic E-state index is 12.9. The highest BCUT2D eigenvalue weighted by Gasteiger charge is 2.37. The number of carbonyl (C=O) groups excluding carboxylic acids is 1. The van der Waals surface area contributed by atoms with Crippen molar-refractivity contribution in [3.63, 3.8) is 0 Å². The number of para-hydroxylation sites is 1. The molecule has 0 saturated carbocycles. The van der Waals surface area contributed by atoms with Crippen LogP contribution in [0.5, 0.6) is 11.5 Å². The Balaban J connectivity index is 1.81.